The molecule has 0 bridgehead atoms. The summed E-state index contributed by atoms with van der Waals surface area (Å²) in [5.74, 6) is -10.3. The number of rotatable bonds is 52. The minimum absolute atomic E-state index is 0.0242. The van der Waals surface area contributed by atoms with E-state index < -0.39 is 119 Å². The van der Waals surface area contributed by atoms with Gasteiger partial charge in [-0.15, -0.1) is 0 Å². The molecule has 6 rings (SSSR count). The van der Waals surface area contributed by atoms with Crippen LogP contribution in [0.2, 0.25) is 0 Å². The molecule has 0 aromatic heterocycles. The third-order valence-electron chi connectivity index (χ3n) is 19.6. The van der Waals surface area contributed by atoms with Gasteiger partial charge in [0.25, 0.3) is 23.6 Å². The molecule has 622 valence electrons. The molecule has 8 atom stereocenters. The van der Waals surface area contributed by atoms with Crippen molar-refractivity contribution >= 4 is 116 Å². The number of carboxylic acids is 3. The molecule has 4 aromatic carbocycles. The summed E-state index contributed by atoms with van der Waals surface area (Å²) in [5.41, 5.74) is 27.8. The first-order valence-electron chi connectivity index (χ1n) is 39.0. The molecule has 0 aliphatic carbocycles. The fourth-order valence-corrected chi connectivity index (χ4v) is 13.2. The number of hydrogen-bond acceptors (Lipinski definition) is 23. The van der Waals surface area contributed by atoms with Crippen molar-refractivity contribution in [1.29, 1.82) is 0 Å². The van der Waals surface area contributed by atoms with Crippen LogP contribution >= 0.6 is 0 Å². The lowest BCUT2D eigenvalue weighted by atomic mass is 9.92. The van der Waals surface area contributed by atoms with E-state index in [-0.39, 0.29) is 115 Å². The first-order valence-corrected chi connectivity index (χ1v) is 39.0. The average molecular weight is 1580 g/mol. The number of methoxy groups -OCH3 is 1. The van der Waals surface area contributed by atoms with Crippen molar-refractivity contribution < 1.29 is 87.2 Å². The molecule has 2 heterocycles. The molecule has 2 aliphatic heterocycles. The smallest absolute Gasteiger partial charge is 0.328 e. The lowest BCUT2D eigenvalue weighted by molar-refractivity contribution is -0.145. The van der Waals surface area contributed by atoms with Gasteiger partial charge in [-0.05, 0) is 114 Å². The monoisotopic (exact) mass is 1580 g/mol. The topological polar surface area (TPSA) is 522 Å². The standard InChI is InChI=1S/C40H60N8O9.C39H58N8O9/c1-5-6-7-8-11-25(41)24-43-21-18-29(42)36(52)46-30(37(53)44-22-19-31(40(56)57-4)45-33(49)14-10-15-34(50)51)20-23-48-38(54)27-13-9-12-26-32(47(2)3)17-16-28(35(26)27)39(48)55;1-4-5-6-7-10-24(40)23-42-20-17-28(41)35(51)45-29(36(52)43-21-18-30(39(55)56)44-32(48)13-9-14-33(49)50)19-22-47-37(53)26-12-8-11-25-31(46(2)3)16-15-27(34(25)26)38(47)54/h9,12-13,16-17,25,29-31,43H,5-8,10-11,14-15,18-24,41-42H2,1-4H3,(H,44,53)(H,45,49)(H,46,52)(H,50,51);8,11-12,15-16,24,28-30,42H,4-7,9-10,13-14,17-23,40-41H2,1-3H3,(H,43,52)(H,44,48)(H,45,51)(H,49,50)(H,55,56)/t25-,29-,30+,31+;24-,28-,29+,30+/m00/s1. The average Bonchev–Trinajstić information content (AvgIpc) is 0.745. The van der Waals surface area contributed by atoms with E-state index in [1.54, 1.807) is 48.5 Å². The molecule has 0 radical (unpaired) electrons. The predicted octanol–water partition coefficient (Wildman–Crippen LogP) is 2.71. The summed E-state index contributed by atoms with van der Waals surface area (Å²) in [4.78, 5) is 185. The van der Waals surface area contributed by atoms with E-state index in [1.807, 2.05) is 50.1 Å². The van der Waals surface area contributed by atoms with Gasteiger partial charge in [0.05, 0.1) is 19.2 Å². The van der Waals surface area contributed by atoms with E-state index >= 15 is 0 Å². The number of esters is 1. The number of imide groups is 2. The van der Waals surface area contributed by atoms with Crippen LogP contribution in [0.5, 0.6) is 0 Å². The van der Waals surface area contributed by atoms with Crippen molar-refractivity contribution in [1.82, 2.24) is 52.3 Å². The van der Waals surface area contributed by atoms with Crippen LogP contribution in [0.1, 0.15) is 197 Å². The number of aliphatic carboxylic acids is 3. The van der Waals surface area contributed by atoms with E-state index in [0.29, 0.717) is 59.2 Å². The van der Waals surface area contributed by atoms with Crippen LogP contribution in [0.15, 0.2) is 60.7 Å². The summed E-state index contributed by atoms with van der Waals surface area (Å²) in [6.45, 7) is 5.38. The quantitative estimate of drug-likeness (QED) is 0.0172. The third kappa shape index (κ3) is 29.3. The molecular weight excluding hydrogens is 1460 g/mol. The molecule has 19 N–H and O–H groups in total. The van der Waals surface area contributed by atoms with Gasteiger partial charge in [-0.1, -0.05) is 89.5 Å². The number of amides is 10. The molecule has 10 amide bonds. The second-order valence-corrected chi connectivity index (χ2v) is 28.9. The second-order valence-electron chi connectivity index (χ2n) is 28.9. The molecule has 0 fully saturated rings. The van der Waals surface area contributed by atoms with Crippen LogP contribution in [0.4, 0.5) is 11.4 Å². The number of nitrogens with one attached hydrogen (secondary N) is 8. The Morgan fingerprint density at radius 2 is 0.805 bits per heavy atom. The van der Waals surface area contributed by atoms with Gasteiger partial charge in [0.1, 0.15) is 24.2 Å². The van der Waals surface area contributed by atoms with Crippen LogP contribution < -0.4 is 75.3 Å². The number of carbonyl (C=O) groups is 14. The summed E-state index contributed by atoms with van der Waals surface area (Å²) >= 11 is 0. The first kappa shape index (κ1) is 93.3. The number of ether oxygens (including phenoxy) is 1. The van der Waals surface area contributed by atoms with Gasteiger partial charge in [-0.25, -0.2) is 9.59 Å². The van der Waals surface area contributed by atoms with Gasteiger partial charge >= 0.3 is 23.9 Å². The zero-order chi connectivity index (χ0) is 83.4. The van der Waals surface area contributed by atoms with Crippen molar-refractivity contribution in [2.24, 2.45) is 22.9 Å². The molecule has 0 saturated heterocycles. The Balaban J connectivity index is 0.000000404. The van der Waals surface area contributed by atoms with Gasteiger partial charge in [-0.2, -0.15) is 0 Å². The summed E-state index contributed by atoms with van der Waals surface area (Å²) in [6, 6.07) is 10.2. The third-order valence-corrected chi connectivity index (χ3v) is 19.6. The maximum absolute atomic E-state index is 13.8. The highest BCUT2D eigenvalue weighted by atomic mass is 16.5. The van der Waals surface area contributed by atoms with E-state index in [9.17, 15) is 72.2 Å². The molecule has 0 spiro atoms. The Morgan fingerprint density at radius 1 is 0.425 bits per heavy atom. The Kier molecular flexibility index (Phi) is 39.6. The molecule has 34 heteroatoms. The predicted molar refractivity (Wildman–Crippen MR) is 427 cm³/mol. The number of carbonyl (C=O) groups excluding carboxylic acids is 11. The number of anilines is 2. The van der Waals surface area contributed by atoms with Gasteiger partial charge in [0.2, 0.25) is 35.4 Å². The fraction of sp³-hybridized carbons (Fsp3) is 0.570. The number of unbranched alkanes of at least 4 members (excludes halogenated alkanes) is 6. The molecule has 0 unspecified atom stereocenters. The highest BCUT2D eigenvalue weighted by Gasteiger charge is 2.38. The van der Waals surface area contributed by atoms with Gasteiger partial charge < -0.3 is 95.3 Å². The van der Waals surface area contributed by atoms with Crippen molar-refractivity contribution in [2.45, 2.75) is 203 Å². The Morgan fingerprint density at radius 3 is 1.17 bits per heavy atom. The summed E-state index contributed by atoms with van der Waals surface area (Å²) in [6.07, 6.45) is 9.81. The van der Waals surface area contributed by atoms with Crippen LogP contribution in [0, 0.1) is 0 Å². The maximum Gasteiger partial charge on any atom is 0.328 e. The molecule has 34 nitrogen and oxygen atoms in total. The highest BCUT2D eigenvalue weighted by Crippen LogP contribution is 2.37. The SMILES string of the molecule is CCCCCC[C@H](N)CNCC[C@H](N)C(=O)N[C@H](CCN1C(=O)c2cccc3c(N(C)C)ccc(c23)C1=O)C(=O)NCC[C@@H](NC(=O)CCCC(=O)O)C(=O)O.CCCCCC[C@H](N)CNCC[C@H](N)C(=O)N[C@H](CCN1C(=O)c2cccc3c(N(C)C)ccc(c23)C1=O)C(=O)NCC[C@@H](NC(=O)CCCC(=O)O)C(=O)OC. The van der Waals surface area contributed by atoms with Gasteiger partial charge in [0, 0.05) is 160 Å². The number of benzene rings is 4. The zero-order valence-electron chi connectivity index (χ0n) is 66.2. The molecule has 4 aromatic rings. The zero-order valence-corrected chi connectivity index (χ0v) is 66.2. The summed E-state index contributed by atoms with van der Waals surface area (Å²) in [5, 5.41) is 51.7. The number of nitrogens with zero attached hydrogens (tertiary/aromatic N) is 4. The van der Waals surface area contributed by atoms with E-state index in [4.69, 9.17) is 37.9 Å². The second kappa shape index (κ2) is 48.0. The molecule has 113 heavy (non-hydrogen) atoms. The Labute approximate surface area is 659 Å². The fourth-order valence-electron chi connectivity index (χ4n) is 13.2. The number of carboxylic acid groups (broad SMARTS) is 3. The van der Waals surface area contributed by atoms with E-state index in [0.717, 1.165) is 96.8 Å². The number of nitrogens with two attached hydrogens (primary N) is 4. The normalized spacial score (nSPS) is 14.4. The highest BCUT2D eigenvalue weighted by molar-refractivity contribution is 6.28. The van der Waals surface area contributed by atoms with Crippen LogP contribution in [-0.2, 0) is 52.7 Å². The van der Waals surface area contributed by atoms with Crippen LogP contribution in [-0.4, -0.2) is 244 Å². The molecular formula is C79H118N16O18. The van der Waals surface area contributed by atoms with Crippen molar-refractivity contribution in [3.05, 3.63) is 82.9 Å². The van der Waals surface area contributed by atoms with E-state index in [2.05, 4.69) is 56.4 Å². The minimum atomic E-state index is -1.38. The largest absolute Gasteiger partial charge is 0.481 e. The van der Waals surface area contributed by atoms with Crippen molar-refractivity contribution in [3.8, 4) is 0 Å². The number of hydrogen-bond donors (Lipinski definition) is 15. The molecule has 2 aliphatic rings. The van der Waals surface area contributed by atoms with E-state index in [1.165, 1.54) is 6.42 Å². The van der Waals surface area contributed by atoms with Crippen molar-refractivity contribution in [2.75, 3.05) is 97.5 Å². The minimum Gasteiger partial charge on any atom is -0.481 e. The van der Waals surface area contributed by atoms with Crippen LogP contribution in [0.25, 0.3) is 21.5 Å². The van der Waals surface area contributed by atoms with Gasteiger partial charge in [-0.3, -0.25) is 67.3 Å². The Hall–Kier alpha value is -10.3. The summed E-state index contributed by atoms with van der Waals surface area (Å²) in [7, 11) is 8.60. The summed E-state index contributed by atoms with van der Waals surface area (Å²) < 4.78 is 4.79. The van der Waals surface area contributed by atoms with Gasteiger partial charge in [0.15, 0.2) is 0 Å². The van der Waals surface area contributed by atoms with Crippen molar-refractivity contribution in [3.63, 3.8) is 0 Å². The Bertz CT molecular complexity index is 3910. The maximum atomic E-state index is 13.8. The first-order chi connectivity index (χ1) is 53.8. The van der Waals surface area contributed by atoms with Crippen LogP contribution in [0.3, 0.4) is 0 Å². The lowest BCUT2D eigenvalue weighted by Gasteiger charge is -2.30. The molecule has 0 saturated carbocycles. The lowest BCUT2D eigenvalue weighted by Crippen LogP contribution is -2.54.